The second-order valence-corrected chi connectivity index (χ2v) is 5.06. The van der Waals surface area contributed by atoms with Gasteiger partial charge in [0.15, 0.2) is 0 Å². The van der Waals surface area contributed by atoms with E-state index in [4.69, 9.17) is 17.3 Å². The summed E-state index contributed by atoms with van der Waals surface area (Å²) in [5, 5.41) is 3.61. The highest BCUT2D eigenvalue weighted by atomic mass is 35.5. The molecule has 1 unspecified atom stereocenters. The number of nitrogens with one attached hydrogen (secondary N) is 1. The number of amides is 1. The van der Waals surface area contributed by atoms with Gasteiger partial charge in [0.1, 0.15) is 0 Å². The molecule has 1 atom stereocenters. The van der Waals surface area contributed by atoms with Gasteiger partial charge >= 0.3 is 0 Å². The summed E-state index contributed by atoms with van der Waals surface area (Å²) in [6, 6.07) is 5.47. The summed E-state index contributed by atoms with van der Waals surface area (Å²) in [7, 11) is 1.96. The first-order valence-corrected chi connectivity index (χ1v) is 6.49. The Kier molecular flexibility index (Phi) is 4.09. The smallest absolute Gasteiger partial charge is 0.252 e. The number of anilines is 1. The lowest BCUT2D eigenvalue weighted by Crippen LogP contribution is -2.26. The average molecular weight is 268 g/mol. The Morgan fingerprint density at radius 3 is 3.06 bits per heavy atom. The highest BCUT2D eigenvalue weighted by Crippen LogP contribution is 2.30. The molecule has 1 aliphatic rings. The van der Waals surface area contributed by atoms with Crippen molar-refractivity contribution >= 4 is 23.2 Å². The molecule has 1 amide bonds. The Morgan fingerprint density at radius 2 is 2.39 bits per heavy atom. The van der Waals surface area contributed by atoms with Crippen molar-refractivity contribution in [2.45, 2.75) is 6.42 Å². The van der Waals surface area contributed by atoms with Crippen LogP contribution < -0.4 is 16.0 Å². The van der Waals surface area contributed by atoms with Gasteiger partial charge in [-0.25, -0.2) is 0 Å². The van der Waals surface area contributed by atoms with Gasteiger partial charge in [0, 0.05) is 13.1 Å². The molecule has 2 rings (SSSR count). The minimum atomic E-state index is -0.465. The Bertz CT molecular complexity index is 450. The largest absolute Gasteiger partial charge is 0.371 e. The van der Waals surface area contributed by atoms with Crippen LogP contribution in [0, 0.1) is 5.92 Å². The van der Waals surface area contributed by atoms with Crippen molar-refractivity contribution in [3.05, 3.63) is 28.8 Å². The van der Waals surface area contributed by atoms with Crippen LogP contribution in [0.25, 0.3) is 0 Å². The quantitative estimate of drug-likeness (QED) is 0.869. The number of nitrogens with two attached hydrogens (primary N) is 1. The number of benzene rings is 1. The number of primary amides is 1. The van der Waals surface area contributed by atoms with Gasteiger partial charge < -0.3 is 16.0 Å². The third-order valence-corrected chi connectivity index (χ3v) is 3.67. The summed E-state index contributed by atoms with van der Waals surface area (Å²) < 4.78 is 0. The Morgan fingerprint density at radius 1 is 1.61 bits per heavy atom. The fraction of sp³-hybridized carbons (Fsp3) is 0.462. The topological polar surface area (TPSA) is 58.4 Å². The van der Waals surface area contributed by atoms with Gasteiger partial charge in [-0.1, -0.05) is 17.7 Å². The van der Waals surface area contributed by atoms with Crippen LogP contribution in [0.3, 0.4) is 0 Å². The number of rotatable bonds is 4. The van der Waals surface area contributed by atoms with Crippen molar-refractivity contribution in [2.75, 3.05) is 31.6 Å². The first-order chi connectivity index (χ1) is 8.63. The zero-order valence-electron chi connectivity index (χ0n) is 10.4. The number of carbonyl (C=O) groups is 1. The molecule has 0 saturated carbocycles. The molecule has 4 nitrogen and oxygen atoms in total. The van der Waals surface area contributed by atoms with E-state index in [9.17, 15) is 4.79 Å². The van der Waals surface area contributed by atoms with E-state index in [0.717, 1.165) is 31.7 Å². The predicted octanol–water partition coefficient (Wildman–Crippen LogP) is 1.48. The SMILES string of the molecule is CNCC1CCN(c2cccc(Cl)c2C(N)=O)C1. The average Bonchev–Trinajstić information content (AvgIpc) is 2.77. The molecular weight excluding hydrogens is 250 g/mol. The van der Waals surface area contributed by atoms with E-state index in [2.05, 4.69) is 10.2 Å². The van der Waals surface area contributed by atoms with Crippen LogP contribution in [0.5, 0.6) is 0 Å². The van der Waals surface area contributed by atoms with Gasteiger partial charge in [0.2, 0.25) is 0 Å². The van der Waals surface area contributed by atoms with Crippen LogP contribution in [0.15, 0.2) is 18.2 Å². The molecule has 0 aliphatic carbocycles. The van der Waals surface area contributed by atoms with Gasteiger partial charge in [-0.15, -0.1) is 0 Å². The van der Waals surface area contributed by atoms with Gasteiger partial charge in [0.05, 0.1) is 16.3 Å². The normalized spacial score (nSPS) is 19.2. The van der Waals surface area contributed by atoms with Crippen molar-refractivity contribution in [3.63, 3.8) is 0 Å². The molecule has 5 heteroatoms. The third kappa shape index (κ3) is 2.60. The molecule has 0 aromatic heterocycles. The number of hydrogen-bond acceptors (Lipinski definition) is 3. The van der Waals surface area contributed by atoms with Crippen LogP contribution in [-0.4, -0.2) is 32.6 Å². The lowest BCUT2D eigenvalue weighted by Gasteiger charge is -2.21. The summed E-state index contributed by atoms with van der Waals surface area (Å²) in [6.45, 7) is 2.86. The van der Waals surface area contributed by atoms with E-state index >= 15 is 0 Å². The first-order valence-electron chi connectivity index (χ1n) is 6.11. The minimum absolute atomic E-state index is 0.428. The second kappa shape index (κ2) is 5.59. The van der Waals surface area contributed by atoms with Crippen LogP contribution >= 0.6 is 11.6 Å². The van der Waals surface area contributed by atoms with E-state index in [1.54, 1.807) is 6.07 Å². The molecule has 1 aliphatic heterocycles. The molecule has 18 heavy (non-hydrogen) atoms. The lowest BCUT2D eigenvalue weighted by atomic mass is 10.1. The summed E-state index contributed by atoms with van der Waals surface area (Å²) in [5.41, 5.74) is 6.70. The summed E-state index contributed by atoms with van der Waals surface area (Å²) in [6.07, 6.45) is 1.12. The fourth-order valence-electron chi connectivity index (χ4n) is 2.53. The molecule has 1 aromatic rings. The third-order valence-electron chi connectivity index (χ3n) is 3.36. The monoisotopic (exact) mass is 267 g/mol. The second-order valence-electron chi connectivity index (χ2n) is 4.66. The molecule has 1 saturated heterocycles. The summed E-state index contributed by atoms with van der Waals surface area (Å²) in [5.74, 6) is 0.141. The fourth-order valence-corrected chi connectivity index (χ4v) is 2.79. The molecular formula is C13H18ClN3O. The van der Waals surface area contributed by atoms with E-state index in [1.807, 2.05) is 19.2 Å². The first kappa shape index (κ1) is 13.2. The van der Waals surface area contributed by atoms with Crippen molar-refractivity contribution < 1.29 is 4.79 Å². The zero-order valence-corrected chi connectivity index (χ0v) is 11.2. The Hall–Kier alpha value is -1.26. The van der Waals surface area contributed by atoms with E-state index < -0.39 is 5.91 Å². The maximum atomic E-state index is 11.5. The molecule has 0 spiro atoms. The minimum Gasteiger partial charge on any atom is -0.371 e. The molecule has 0 bridgehead atoms. The number of nitrogens with zero attached hydrogens (tertiary/aromatic N) is 1. The Balaban J connectivity index is 2.24. The molecule has 1 aromatic carbocycles. The summed E-state index contributed by atoms with van der Waals surface area (Å²) in [4.78, 5) is 13.7. The van der Waals surface area contributed by atoms with Crippen molar-refractivity contribution in [2.24, 2.45) is 11.7 Å². The summed E-state index contributed by atoms with van der Waals surface area (Å²) >= 11 is 6.06. The highest BCUT2D eigenvalue weighted by molar-refractivity contribution is 6.34. The standard InChI is InChI=1S/C13H18ClN3O/c1-16-7-9-5-6-17(8-9)11-4-2-3-10(14)12(11)13(15)18/h2-4,9,16H,5-8H2,1H3,(H2,15,18). The van der Waals surface area contributed by atoms with Gasteiger partial charge in [-0.05, 0) is 38.1 Å². The van der Waals surface area contributed by atoms with Gasteiger partial charge in [-0.3, -0.25) is 4.79 Å². The predicted molar refractivity (Wildman–Crippen MR) is 74.2 cm³/mol. The number of hydrogen-bond donors (Lipinski definition) is 2. The van der Waals surface area contributed by atoms with Crippen LogP contribution in [0.1, 0.15) is 16.8 Å². The number of carbonyl (C=O) groups excluding carboxylic acids is 1. The van der Waals surface area contributed by atoms with E-state index in [1.165, 1.54) is 0 Å². The van der Waals surface area contributed by atoms with Crippen molar-refractivity contribution in [1.82, 2.24) is 5.32 Å². The molecule has 3 N–H and O–H groups in total. The maximum Gasteiger partial charge on any atom is 0.252 e. The highest BCUT2D eigenvalue weighted by Gasteiger charge is 2.25. The molecule has 0 radical (unpaired) electrons. The van der Waals surface area contributed by atoms with Gasteiger partial charge in [0.25, 0.3) is 5.91 Å². The maximum absolute atomic E-state index is 11.5. The van der Waals surface area contributed by atoms with Crippen molar-refractivity contribution in [1.29, 1.82) is 0 Å². The molecule has 1 fully saturated rings. The lowest BCUT2D eigenvalue weighted by molar-refractivity contribution is 0.100. The number of halogens is 1. The van der Waals surface area contributed by atoms with Crippen molar-refractivity contribution in [3.8, 4) is 0 Å². The van der Waals surface area contributed by atoms with Gasteiger partial charge in [-0.2, -0.15) is 0 Å². The Labute approximate surface area is 112 Å². The molecule has 98 valence electrons. The van der Waals surface area contributed by atoms with E-state index in [0.29, 0.717) is 16.5 Å². The molecule has 1 heterocycles. The zero-order chi connectivity index (χ0) is 13.1. The van der Waals surface area contributed by atoms with Crippen LogP contribution in [0.4, 0.5) is 5.69 Å². The van der Waals surface area contributed by atoms with Crippen LogP contribution in [-0.2, 0) is 0 Å². The van der Waals surface area contributed by atoms with Crippen LogP contribution in [0.2, 0.25) is 5.02 Å². The van der Waals surface area contributed by atoms with E-state index in [-0.39, 0.29) is 0 Å².